The predicted molar refractivity (Wildman–Crippen MR) is 102 cm³/mol. The monoisotopic (exact) mass is 402 g/mol. The fourth-order valence-electron chi connectivity index (χ4n) is 3.01. The van der Waals surface area contributed by atoms with E-state index < -0.39 is 0 Å². The van der Waals surface area contributed by atoms with Gasteiger partial charge in [-0.1, -0.05) is 46.3 Å². The van der Waals surface area contributed by atoms with Gasteiger partial charge in [-0.2, -0.15) is 0 Å². The molecule has 1 aliphatic rings. The highest BCUT2D eigenvalue weighted by Gasteiger charge is 2.16. The van der Waals surface area contributed by atoms with Gasteiger partial charge in [0.05, 0.1) is 6.10 Å². The Morgan fingerprint density at radius 2 is 1.80 bits per heavy atom. The van der Waals surface area contributed by atoms with Gasteiger partial charge >= 0.3 is 0 Å². The lowest BCUT2D eigenvalue weighted by molar-refractivity contribution is 0.0792. The van der Waals surface area contributed by atoms with Crippen molar-refractivity contribution in [3.63, 3.8) is 0 Å². The Bertz CT molecular complexity index is 710. The van der Waals surface area contributed by atoms with Gasteiger partial charge in [0, 0.05) is 36.2 Å². The average molecular weight is 403 g/mol. The van der Waals surface area contributed by atoms with Crippen molar-refractivity contribution in [2.75, 3.05) is 13.1 Å². The third-order valence-corrected chi connectivity index (χ3v) is 5.02. The maximum Gasteiger partial charge on any atom is 0.251 e. The highest BCUT2D eigenvalue weighted by molar-refractivity contribution is 9.10. The summed E-state index contributed by atoms with van der Waals surface area (Å²) >= 11 is 3.38. The summed E-state index contributed by atoms with van der Waals surface area (Å²) in [5.41, 5.74) is 3.00. The summed E-state index contributed by atoms with van der Waals surface area (Å²) in [7, 11) is 0. The lowest BCUT2D eigenvalue weighted by Gasteiger charge is -2.29. The Balaban J connectivity index is 1.50. The number of nitrogens with zero attached hydrogens (tertiary/aromatic N) is 1. The zero-order chi connectivity index (χ0) is 17.6. The normalized spacial score (nSPS) is 15.9. The number of hydrogen-bond donors (Lipinski definition) is 2. The first-order valence-corrected chi connectivity index (χ1v) is 9.41. The predicted octanol–water partition coefficient (Wildman–Crippen LogP) is 3.34. The van der Waals surface area contributed by atoms with Gasteiger partial charge in [-0.25, -0.2) is 0 Å². The van der Waals surface area contributed by atoms with Gasteiger partial charge in [-0.05, 0) is 42.2 Å². The zero-order valence-corrected chi connectivity index (χ0v) is 15.7. The fourth-order valence-corrected chi connectivity index (χ4v) is 3.41. The van der Waals surface area contributed by atoms with Crippen LogP contribution in [0.3, 0.4) is 0 Å². The van der Waals surface area contributed by atoms with Gasteiger partial charge in [0.2, 0.25) is 0 Å². The van der Waals surface area contributed by atoms with Gasteiger partial charge < -0.3 is 10.4 Å². The van der Waals surface area contributed by atoms with Crippen LogP contribution in [-0.2, 0) is 13.1 Å². The molecule has 25 heavy (non-hydrogen) atoms. The van der Waals surface area contributed by atoms with Crippen molar-refractivity contribution in [1.29, 1.82) is 0 Å². The molecule has 0 aromatic heterocycles. The summed E-state index contributed by atoms with van der Waals surface area (Å²) in [6.45, 7) is 3.33. The first-order valence-electron chi connectivity index (χ1n) is 8.62. The molecular formula is C20H23BrN2O2. The van der Waals surface area contributed by atoms with Crippen LogP contribution in [0.25, 0.3) is 0 Å². The van der Waals surface area contributed by atoms with Crippen molar-refractivity contribution in [1.82, 2.24) is 10.2 Å². The number of likely N-dealkylation sites (tertiary alicyclic amines) is 1. The number of carbonyl (C=O) groups is 1. The molecule has 0 radical (unpaired) electrons. The molecule has 2 aromatic carbocycles. The molecule has 4 nitrogen and oxygen atoms in total. The molecule has 2 N–H and O–H groups in total. The topological polar surface area (TPSA) is 52.6 Å². The Kier molecular flexibility index (Phi) is 6.24. The molecular weight excluding hydrogens is 380 g/mol. The average Bonchev–Trinajstić information content (AvgIpc) is 2.63. The number of aliphatic hydroxyl groups is 1. The maximum absolute atomic E-state index is 12.2. The van der Waals surface area contributed by atoms with Gasteiger partial charge in [-0.3, -0.25) is 9.69 Å². The fraction of sp³-hybridized carbons (Fsp3) is 0.350. The van der Waals surface area contributed by atoms with Crippen molar-refractivity contribution >= 4 is 21.8 Å². The van der Waals surface area contributed by atoms with Gasteiger partial charge in [-0.15, -0.1) is 0 Å². The van der Waals surface area contributed by atoms with E-state index in [0.29, 0.717) is 12.1 Å². The van der Waals surface area contributed by atoms with Crippen LogP contribution in [0.2, 0.25) is 0 Å². The Hall–Kier alpha value is -1.69. The van der Waals surface area contributed by atoms with E-state index in [2.05, 4.69) is 50.4 Å². The minimum absolute atomic E-state index is 0.0720. The van der Waals surface area contributed by atoms with Crippen molar-refractivity contribution in [3.05, 3.63) is 69.7 Å². The Morgan fingerprint density at radius 1 is 1.12 bits per heavy atom. The molecule has 0 saturated carbocycles. The lowest BCUT2D eigenvalue weighted by Crippen LogP contribution is -2.35. The van der Waals surface area contributed by atoms with Crippen molar-refractivity contribution in [2.45, 2.75) is 32.0 Å². The minimum atomic E-state index is -0.132. The number of amides is 1. The van der Waals surface area contributed by atoms with E-state index in [4.69, 9.17) is 0 Å². The molecule has 1 saturated heterocycles. The van der Waals surface area contributed by atoms with E-state index in [1.807, 2.05) is 18.2 Å². The molecule has 0 atom stereocenters. The smallest absolute Gasteiger partial charge is 0.251 e. The zero-order valence-electron chi connectivity index (χ0n) is 14.1. The molecule has 1 fully saturated rings. The van der Waals surface area contributed by atoms with E-state index in [-0.39, 0.29) is 12.0 Å². The summed E-state index contributed by atoms with van der Waals surface area (Å²) in [6, 6.07) is 15.7. The number of piperidine rings is 1. The van der Waals surface area contributed by atoms with E-state index in [9.17, 15) is 9.90 Å². The van der Waals surface area contributed by atoms with Gasteiger partial charge in [0.25, 0.3) is 5.91 Å². The van der Waals surface area contributed by atoms with Crippen LogP contribution in [0.5, 0.6) is 0 Å². The summed E-state index contributed by atoms with van der Waals surface area (Å²) in [4.78, 5) is 14.5. The van der Waals surface area contributed by atoms with Crippen LogP contribution < -0.4 is 5.32 Å². The third-order valence-electron chi connectivity index (χ3n) is 4.53. The molecule has 0 spiro atoms. The van der Waals surface area contributed by atoms with Crippen LogP contribution in [0.15, 0.2) is 53.0 Å². The number of benzene rings is 2. The highest BCUT2D eigenvalue weighted by Crippen LogP contribution is 2.15. The Labute approximate surface area is 157 Å². The first-order chi connectivity index (χ1) is 12.1. The second-order valence-corrected chi connectivity index (χ2v) is 7.43. The summed E-state index contributed by atoms with van der Waals surface area (Å²) < 4.78 is 0.898. The molecule has 132 valence electrons. The molecule has 0 bridgehead atoms. The number of hydrogen-bond acceptors (Lipinski definition) is 3. The van der Waals surface area contributed by atoms with Crippen LogP contribution >= 0.6 is 15.9 Å². The van der Waals surface area contributed by atoms with E-state index in [1.54, 1.807) is 6.07 Å². The van der Waals surface area contributed by atoms with Crippen LogP contribution in [0.4, 0.5) is 0 Å². The SMILES string of the molecule is O=C(NCc1ccc(CN2CCC(O)CC2)cc1)c1cccc(Br)c1. The molecule has 2 aromatic rings. The van der Waals surface area contributed by atoms with Crippen molar-refractivity contribution in [3.8, 4) is 0 Å². The molecule has 0 unspecified atom stereocenters. The van der Waals surface area contributed by atoms with Crippen LogP contribution in [0, 0.1) is 0 Å². The minimum Gasteiger partial charge on any atom is -0.393 e. The van der Waals surface area contributed by atoms with Crippen LogP contribution in [0.1, 0.15) is 34.3 Å². The van der Waals surface area contributed by atoms with Gasteiger partial charge in [0.1, 0.15) is 0 Å². The molecule has 1 aliphatic heterocycles. The molecule has 1 amide bonds. The maximum atomic E-state index is 12.2. The number of rotatable bonds is 5. The standard InChI is InChI=1S/C20H23BrN2O2/c21-18-3-1-2-17(12-18)20(25)22-13-15-4-6-16(7-5-15)14-23-10-8-19(24)9-11-23/h1-7,12,19,24H,8-11,13-14H2,(H,22,25). The highest BCUT2D eigenvalue weighted by atomic mass is 79.9. The first kappa shape index (κ1) is 18.1. The third kappa shape index (κ3) is 5.39. The van der Waals surface area contributed by atoms with E-state index in [0.717, 1.165) is 42.5 Å². The summed E-state index contributed by atoms with van der Waals surface area (Å²) in [5, 5.41) is 12.5. The Morgan fingerprint density at radius 3 is 2.48 bits per heavy atom. The van der Waals surface area contributed by atoms with Crippen molar-refractivity contribution in [2.24, 2.45) is 0 Å². The molecule has 3 rings (SSSR count). The number of halogens is 1. The molecule has 1 heterocycles. The van der Waals surface area contributed by atoms with E-state index >= 15 is 0 Å². The molecule has 0 aliphatic carbocycles. The second kappa shape index (κ2) is 8.61. The number of nitrogens with one attached hydrogen (secondary N) is 1. The second-order valence-electron chi connectivity index (χ2n) is 6.52. The number of aliphatic hydroxyl groups excluding tert-OH is 1. The van der Waals surface area contributed by atoms with Crippen molar-refractivity contribution < 1.29 is 9.90 Å². The van der Waals surface area contributed by atoms with Crippen LogP contribution in [-0.4, -0.2) is 35.1 Å². The largest absolute Gasteiger partial charge is 0.393 e. The lowest BCUT2D eigenvalue weighted by atomic mass is 10.1. The summed E-state index contributed by atoms with van der Waals surface area (Å²) in [6.07, 6.45) is 1.59. The molecule has 5 heteroatoms. The quantitative estimate of drug-likeness (QED) is 0.806. The summed E-state index contributed by atoms with van der Waals surface area (Å²) in [5.74, 6) is -0.0720. The number of carbonyl (C=O) groups excluding carboxylic acids is 1. The van der Waals surface area contributed by atoms with E-state index in [1.165, 1.54) is 5.56 Å². The van der Waals surface area contributed by atoms with Gasteiger partial charge in [0.15, 0.2) is 0 Å².